The second-order valence-electron chi connectivity index (χ2n) is 2.84. The third kappa shape index (κ3) is 2.86. The topological polar surface area (TPSA) is 30.2 Å². The first-order chi connectivity index (χ1) is 6.24. The van der Waals surface area contributed by atoms with E-state index in [1.165, 1.54) is 0 Å². The predicted octanol–water partition coefficient (Wildman–Crippen LogP) is 1.02. The number of nitrogens with zero attached hydrogens (tertiary/aromatic N) is 1. The molecule has 0 aliphatic rings. The fourth-order valence-electron chi connectivity index (χ4n) is 0.930. The van der Waals surface area contributed by atoms with Crippen molar-refractivity contribution in [2.45, 2.75) is 20.3 Å². The Balaban J connectivity index is 2.64. The SMILES string of the molecule is CCCO[n+]1ccc(C(C)=O)cc1. The van der Waals surface area contributed by atoms with Crippen LogP contribution in [-0.2, 0) is 0 Å². The van der Waals surface area contributed by atoms with Crippen LogP contribution in [0.5, 0.6) is 0 Å². The number of carbonyl (C=O) groups excluding carboxylic acids is 1. The minimum atomic E-state index is 0.0719. The van der Waals surface area contributed by atoms with E-state index in [4.69, 9.17) is 4.84 Å². The first-order valence-corrected chi connectivity index (χ1v) is 4.39. The number of carbonyl (C=O) groups is 1. The molecule has 0 aliphatic carbocycles. The van der Waals surface area contributed by atoms with Crippen LogP contribution in [0.15, 0.2) is 24.5 Å². The molecule has 0 radical (unpaired) electrons. The number of ketones is 1. The fraction of sp³-hybridized carbons (Fsp3) is 0.400. The van der Waals surface area contributed by atoms with Crippen molar-refractivity contribution in [1.29, 1.82) is 0 Å². The number of hydrogen-bond acceptors (Lipinski definition) is 2. The molecule has 1 aromatic heterocycles. The molecule has 0 N–H and O–H groups in total. The number of rotatable bonds is 4. The molecule has 1 heterocycles. The molecular formula is C10H14NO2+. The number of pyridine rings is 1. The van der Waals surface area contributed by atoms with E-state index >= 15 is 0 Å². The molecule has 1 aromatic rings. The number of Topliss-reactive ketones (excluding diaryl/α,β-unsaturated/α-hetero) is 1. The average molecular weight is 180 g/mol. The normalized spacial score (nSPS) is 9.69. The first-order valence-electron chi connectivity index (χ1n) is 4.39. The van der Waals surface area contributed by atoms with Gasteiger partial charge in [-0.2, -0.15) is 0 Å². The second kappa shape index (κ2) is 4.60. The van der Waals surface area contributed by atoms with Crippen LogP contribution < -0.4 is 9.57 Å². The Morgan fingerprint density at radius 1 is 1.46 bits per heavy atom. The fourth-order valence-corrected chi connectivity index (χ4v) is 0.930. The van der Waals surface area contributed by atoms with Crippen molar-refractivity contribution in [1.82, 2.24) is 0 Å². The van der Waals surface area contributed by atoms with Gasteiger partial charge < -0.3 is 0 Å². The van der Waals surface area contributed by atoms with Crippen LogP contribution in [0.4, 0.5) is 0 Å². The van der Waals surface area contributed by atoms with Crippen molar-refractivity contribution in [3.8, 4) is 0 Å². The van der Waals surface area contributed by atoms with Crippen LogP contribution >= 0.6 is 0 Å². The molecule has 0 atom stereocenters. The minimum absolute atomic E-state index is 0.0719. The largest absolute Gasteiger partial charge is 0.295 e. The molecule has 0 saturated carbocycles. The van der Waals surface area contributed by atoms with Crippen molar-refractivity contribution in [2.75, 3.05) is 6.61 Å². The highest BCUT2D eigenvalue weighted by molar-refractivity contribution is 5.93. The summed E-state index contributed by atoms with van der Waals surface area (Å²) in [6, 6.07) is 3.50. The summed E-state index contributed by atoms with van der Waals surface area (Å²) >= 11 is 0. The molecule has 0 unspecified atom stereocenters. The molecule has 0 bridgehead atoms. The zero-order valence-electron chi connectivity index (χ0n) is 7.99. The highest BCUT2D eigenvalue weighted by atomic mass is 16.7. The van der Waals surface area contributed by atoms with E-state index in [2.05, 4.69) is 0 Å². The highest BCUT2D eigenvalue weighted by Gasteiger charge is 2.03. The summed E-state index contributed by atoms with van der Waals surface area (Å²) in [7, 11) is 0. The lowest BCUT2D eigenvalue weighted by molar-refractivity contribution is -0.891. The van der Waals surface area contributed by atoms with Crippen molar-refractivity contribution in [3.63, 3.8) is 0 Å². The van der Waals surface area contributed by atoms with Crippen LogP contribution in [0.2, 0.25) is 0 Å². The van der Waals surface area contributed by atoms with Crippen molar-refractivity contribution in [3.05, 3.63) is 30.1 Å². The van der Waals surface area contributed by atoms with Crippen molar-refractivity contribution in [2.24, 2.45) is 0 Å². The average Bonchev–Trinajstić information content (AvgIpc) is 2.15. The summed E-state index contributed by atoms with van der Waals surface area (Å²) in [5, 5.41) is 0. The van der Waals surface area contributed by atoms with E-state index < -0.39 is 0 Å². The Labute approximate surface area is 77.9 Å². The van der Waals surface area contributed by atoms with Gasteiger partial charge in [-0.05, 0) is 13.3 Å². The van der Waals surface area contributed by atoms with Crippen molar-refractivity contribution < 1.29 is 14.4 Å². The molecule has 0 aliphatic heterocycles. The molecule has 0 fully saturated rings. The molecule has 0 aromatic carbocycles. The van der Waals surface area contributed by atoms with Gasteiger partial charge in [-0.25, -0.2) is 0 Å². The highest BCUT2D eigenvalue weighted by Crippen LogP contribution is 1.94. The maximum Gasteiger partial charge on any atom is 0.223 e. The maximum absolute atomic E-state index is 10.9. The summed E-state index contributed by atoms with van der Waals surface area (Å²) in [5.41, 5.74) is 0.705. The Kier molecular flexibility index (Phi) is 3.43. The summed E-state index contributed by atoms with van der Waals surface area (Å²) in [4.78, 5) is 16.2. The smallest absolute Gasteiger partial charge is 0.223 e. The Bertz CT molecular complexity index is 279. The molecule has 0 spiro atoms. The zero-order chi connectivity index (χ0) is 9.68. The minimum Gasteiger partial charge on any atom is -0.295 e. The Hall–Kier alpha value is -1.38. The molecule has 3 heteroatoms. The molecule has 13 heavy (non-hydrogen) atoms. The lowest BCUT2D eigenvalue weighted by atomic mass is 10.2. The van der Waals surface area contributed by atoms with E-state index in [0.717, 1.165) is 6.42 Å². The summed E-state index contributed by atoms with van der Waals surface area (Å²) < 4.78 is 1.61. The summed E-state index contributed by atoms with van der Waals surface area (Å²) in [6.07, 6.45) is 4.46. The first kappa shape index (κ1) is 9.71. The van der Waals surface area contributed by atoms with Crippen LogP contribution in [0, 0.1) is 0 Å². The van der Waals surface area contributed by atoms with E-state index in [0.29, 0.717) is 12.2 Å². The summed E-state index contributed by atoms with van der Waals surface area (Å²) in [6.45, 7) is 4.28. The van der Waals surface area contributed by atoms with Gasteiger partial charge in [-0.3, -0.25) is 9.63 Å². The van der Waals surface area contributed by atoms with Gasteiger partial charge >= 0.3 is 0 Å². The third-order valence-electron chi connectivity index (χ3n) is 1.65. The van der Waals surface area contributed by atoms with Gasteiger partial charge in [0, 0.05) is 22.4 Å². The quantitative estimate of drug-likeness (QED) is 0.511. The zero-order valence-corrected chi connectivity index (χ0v) is 7.99. The molecule has 0 amide bonds. The lowest BCUT2D eigenvalue weighted by Gasteiger charge is -1.96. The van der Waals surface area contributed by atoms with Crippen molar-refractivity contribution >= 4 is 5.78 Å². The van der Waals surface area contributed by atoms with E-state index in [1.807, 2.05) is 6.92 Å². The van der Waals surface area contributed by atoms with E-state index in [9.17, 15) is 4.79 Å². The number of aromatic nitrogens is 1. The Morgan fingerprint density at radius 3 is 2.54 bits per heavy atom. The molecular weight excluding hydrogens is 166 g/mol. The molecule has 70 valence electrons. The molecule has 3 nitrogen and oxygen atoms in total. The Morgan fingerprint density at radius 2 is 2.08 bits per heavy atom. The number of hydrogen-bond donors (Lipinski definition) is 0. The molecule has 1 rings (SSSR count). The van der Waals surface area contributed by atoms with Crippen LogP contribution in [0.25, 0.3) is 0 Å². The van der Waals surface area contributed by atoms with E-state index in [1.54, 1.807) is 36.2 Å². The third-order valence-corrected chi connectivity index (χ3v) is 1.65. The lowest BCUT2D eigenvalue weighted by Crippen LogP contribution is -2.42. The monoisotopic (exact) mass is 180 g/mol. The predicted molar refractivity (Wildman–Crippen MR) is 48.4 cm³/mol. The van der Waals surface area contributed by atoms with Gasteiger partial charge in [-0.15, -0.1) is 0 Å². The van der Waals surface area contributed by atoms with Gasteiger partial charge in [-0.1, -0.05) is 6.92 Å². The maximum atomic E-state index is 10.9. The van der Waals surface area contributed by atoms with Crippen LogP contribution in [0.3, 0.4) is 0 Å². The van der Waals surface area contributed by atoms with Gasteiger partial charge in [0.05, 0.1) is 0 Å². The van der Waals surface area contributed by atoms with Crippen LogP contribution in [-0.4, -0.2) is 12.4 Å². The van der Waals surface area contributed by atoms with Gasteiger partial charge in [0.2, 0.25) is 12.4 Å². The standard InChI is InChI=1S/C10H14NO2/c1-3-8-13-11-6-4-10(5-7-11)9(2)12/h4-7H,3,8H2,1-2H3/q+1. The van der Waals surface area contributed by atoms with Gasteiger partial charge in [0.15, 0.2) is 12.4 Å². The van der Waals surface area contributed by atoms with Gasteiger partial charge in [0.25, 0.3) is 0 Å². The molecule has 0 saturated heterocycles. The second-order valence-corrected chi connectivity index (χ2v) is 2.84. The van der Waals surface area contributed by atoms with Crippen LogP contribution in [0.1, 0.15) is 30.6 Å². The van der Waals surface area contributed by atoms with E-state index in [-0.39, 0.29) is 5.78 Å². The summed E-state index contributed by atoms with van der Waals surface area (Å²) in [5.74, 6) is 0.0719. The van der Waals surface area contributed by atoms with Gasteiger partial charge in [0.1, 0.15) is 0 Å².